The summed E-state index contributed by atoms with van der Waals surface area (Å²) >= 11 is 0. The summed E-state index contributed by atoms with van der Waals surface area (Å²) in [7, 11) is 4.06. The van der Waals surface area contributed by atoms with Crippen LogP contribution < -0.4 is 10.6 Å². The van der Waals surface area contributed by atoms with Crippen molar-refractivity contribution >= 4 is 17.8 Å². The number of amides is 4. The normalized spacial score (nSPS) is 18.2. The van der Waals surface area contributed by atoms with Gasteiger partial charge in [0.15, 0.2) is 0 Å². The highest BCUT2D eigenvalue weighted by Crippen LogP contribution is 2.35. The van der Waals surface area contributed by atoms with E-state index in [0.29, 0.717) is 25.9 Å². The molecule has 1 aromatic rings. The number of imide groups is 1. The summed E-state index contributed by atoms with van der Waals surface area (Å²) in [5, 5.41) is 5.77. The summed E-state index contributed by atoms with van der Waals surface area (Å²) in [6.07, 6.45) is 4.16. The predicted molar refractivity (Wildman–Crippen MR) is 106 cm³/mol. The lowest BCUT2D eigenvalue weighted by Gasteiger charge is -2.19. The maximum atomic E-state index is 12.6. The minimum Gasteiger partial charge on any atom is -0.352 e. The average molecular weight is 386 g/mol. The second-order valence-corrected chi connectivity index (χ2v) is 8.11. The Morgan fingerprint density at radius 1 is 1.14 bits per heavy atom. The number of rotatable bonds is 8. The van der Waals surface area contributed by atoms with Crippen molar-refractivity contribution in [2.24, 2.45) is 0 Å². The molecule has 1 aliphatic heterocycles. The lowest BCUT2D eigenvalue weighted by molar-refractivity contribution is -0.131. The van der Waals surface area contributed by atoms with Crippen molar-refractivity contribution in [3.63, 3.8) is 0 Å². The minimum absolute atomic E-state index is 0.0694. The Hall–Kier alpha value is -2.41. The zero-order valence-corrected chi connectivity index (χ0v) is 16.8. The van der Waals surface area contributed by atoms with Gasteiger partial charge in [-0.15, -0.1) is 0 Å². The maximum absolute atomic E-state index is 12.6. The van der Waals surface area contributed by atoms with Gasteiger partial charge in [-0.2, -0.15) is 0 Å². The van der Waals surface area contributed by atoms with Crippen LogP contribution in [0.3, 0.4) is 0 Å². The van der Waals surface area contributed by atoms with Gasteiger partial charge in [0.25, 0.3) is 5.91 Å². The summed E-state index contributed by atoms with van der Waals surface area (Å²) in [5.74, 6) is -0.187. The number of hydrogen-bond donors (Lipinski definition) is 2. The number of nitrogens with one attached hydrogen (secondary N) is 2. The monoisotopic (exact) mass is 386 g/mol. The largest absolute Gasteiger partial charge is 0.352 e. The van der Waals surface area contributed by atoms with E-state index in [1.165, 1.54) is 10.5 Å². The molecule has 2 aliphatic rings. The molecule has 0 radical (unpaired) electrons. The second-order valence-electron chi connectivity index (χ2n) is 8.11. The van der Waals surface area contributed by atoms with Crippen molar-refractivity contribution in [1.82, 2.24) is 20.4 Å². The number of nitrogens with zero attached hydrogens (tertiary/aromatic N) is 2. The summed E-state index contributed by atoms with van der Waals surface area (Å²) in [4.78, 5) is 40.2. The fourth-order valence-electron chi connectivity index (χ4n) is 4.01. The maximum Gasteiger partial charge on any atom is 0.325 e. The highest BCUT2D eigenvalue weighted by atomic mass is 16.2. The van der Waals surface area contributed by atoms with E-state index in [-0.39, 0.29) is 17.8 Å². The lowest BCUT2D eigenvalue weighted by Crippen LogP contribution is -2.44. The van der Waals surface area contributed by atoms with E-state index >= 15 is 0 Å². The van der Waals surface area contributed by atoms with Gasteiger partial charge in [-0.3, -0.25) is 14.5 Å². The van der Waals surface area contributed by atoms with Crippen molar-refractivity contribution in [1.29, 1.82) is 0 Å². The first-order valence-electron chi connectivity index (χ1n) is 10.0. The van der Waals surface area contributed by atoms with Crippen LogP contribution in [0.25, 0.3) is 0 Å². The van der Waals surface area contributed by atoms with Gasteiger partial charge in [-0.25, -0.2) is 4.79 Å². The smallest absolute Gasteiger partial charge is 0.325 e. The summed E-state index contributed by atoms with van der Waals surface area (Å²) in [5.41, 5.74) is 1.61. The standard InChI is InChI=1S/C21H30N4O3/c1-24(2)15-17-9-7-16(8-10-17)14-22-18(26)6-5-13-25-19(27)21(23-20(25)28)11-3-4-12-21/h7-10H,3-6,11-15H2,1-2H3,(H,22,26)(H,23,28). The van der Waals surface area contributed by atoms with Crippen molar-refractivity contribution in [2.75, 3.05) is 20.6 Å². The van der Waals surface area contributed by atoms with Gasteiger partial charge in [-0.1, -0.05) is 37.1 Å². The zero-order chi connectivity index (χ0) is 20.1. The molecule has 1 heterocycles. The molecular formula is C21H30N4O3. The van der Waals surface area contributed by atoms with Gasteiger partial charge in [0, 0.05) is 26.1 Å². The third-order valence-electron chi connectivity index (χ3n) is 5.50. The second kappa shape index (κ2) is 8.73. The van der Waals surface area contributed by atoms with Crippen molar-refractivity contribution in [3.05, 3.63) is 35.4 Å². The van der Waals surface area contributed by atoms with E-state index in [2.05, 4.69) is 27.7 Å². The first-order valence-corrected chi connectivity index (χ1v) is 10.0. The molecule has 28 heavy (non-hydrogen) atoms. The van der Waals surface area contributed by atoms with Crippen LogP contribution in [0.2, 0.25) is 0 Å². The van der Waals surface area contributed by atoms with E-state index in [4.69, 9.17) is 0 Å². The van der Waals surface area contributed by atoms with Gasteiger partial charge >= 0.3 is 6.03 Å². The van der Waals surface area contributed by atoms with E-state index < -0.39 is 5.54 Å². The van der Waals surface area contributed by atoms with Crippen LogP contribution in [-0.2, 0) is 22.7 Å². The quantitative estimate of drug-likeness (QED) is 0.670. The molecule has 1 spiro atoms. The van der Waals surface area contributed by atoms with Gasteiger partial charge in [0.1, 0.15) is 5.54 Å². The molecule has 1 aliphatic carbocycles. The molecule has 1 saturated carbocycles. The Labute approximate surface area is 166 Å². The topological polar surface area (TPSA) is 81.8 Å². The van der Waals surface area contributed by atoms with Crippen LogP contribution >= 0.6 is 0 Å². The Kier molecular flexibility index (Phi) is 6.34. The summed E-state index contributed by atoms with van der Waals surface area (Å²) in [6.45, 7) is 1.66. The van der Waals surface area contributed by atoms with Gasteiger partial charge in [0.2, 0.25) is 5.91 Å². The molecule has 1 saturated heterocycles. The van der Waals surface area contributed by atoms with E-state index in [0.717, 1.165) is 37.8 Å². The lowest BCUT2D eigenvalue weighted by atomic mass is 9.98. The molecule has 4 amide bonds. The number of urea groups is 1. The van der Waals surface area contributed by atoms with E-state index in [1.54, 1.807) is 0 Å². The Morgan fingerprint density at radius 2 is 1.79 bits per heavy atom. The molecule has 0 unspecified atom stereocenters. The van der Waals surface area contributed by atoms with Gasteiger partial charge in [0.05, 0.1) is 0 Å². The highest BCUT2D eigenvalue weighted by molar-refractivity contribution is 6.07. The van der Waals surface area contributed by atoms with E-state index in [1.807, 2.05) is 26.2 Å². The predicted octanol–water partition coefficient (Wildman–Crippen LogP) is 2.01. The third-order valence-corrected chi connectivity index (χ3v) is 5.50. The third kappa shape index (κ3) is 4.70. The first-order chi connectivity index (χ1) is 13.4. The fraction of sp³-hybridized carbons (Fsp3) is 0.571. The molecule has 0 atom stereocenters. The zero-order valence-electron chi connectivity index (χ0n) is 16.8. The van der Waals surface area contributed by atoms with Gasteiger partial charge < -0.3 is 15.5 Å². The van der Waals surface area contributed by atoms with Crippen LogP contribution in [0.4, 0.5) is 4.79 Å². The summed E-state index contributed by atoms with van der Waals surface area (Å²) in [6, 6.07) is 7.86. The molecule has 7 nitrogen and oxygen atoms in total. The fourth-order valence-corrected chi connectivity index (χ4v) is 4.01. The van der Waals surface area contributed by atoms with Gasteiger partial charge in [-0.05, 0) is 44.5 Å². The van der Waals surface area contributed by atoms with Crippen LogP contribution in [0.5, 0.6) is 0 Å². The molecule has 0 bridgehead atoms. The summed E-state index contributed by atoms with van der Waals surface area (Å²) < 4.78 is 0. The number of benzene rings is 1. The Bertz CT molecular complexity index is 724. The molecule has 152 valence electrons. The van der Waals surface area contributed by atoms with Crippen molar-refractivity contribution in [2.45, 2.75) is 57.2 Å². The molecule has 2 N–H and O–H groups in total. The molecule has 7 heteroatoms. The van der Waals surface area contributed by atoms with Crippen molar-refractivity contribution in [3.8, 4) is 0 Å². The molecule has 0 aromatic heterocycles. The number of hydrogen-bond acceptors (Lipinski definition) is 4. The average Bonchev–Trinajstić information content (AvgIpc) is 3.21. The van der Waals surface area contributed by atoms with Crippen molar-refractivity contribution < 1.29 is 14.4 Å². The molecule has 2 fully saturated rings. The molecule has 3 rings (SSSR count). The SMILES string of the molecule is CN(C)Cc1ccc(CNC(=O)CCCN2C(=O)NC3(CCCC3)C2=O)cc1. The van der Waals surface area contributed by atoms with Crippen LogP contribution in [0, 0.1) is 0 Å². The number of carbonyl (C=O) groups excluding carboxylic acids is 3. The minimum atomic E-state index is -0.669. The number of carbonyl (C=O) groups is 3. The Balaban J connectivity index is 1.39. The van der Waals surface area contributed by atoms with Crippen LogP contribution in [-0.4, -0.2) is 53.8 Å². The van der Waals surface area contributed by atoms with Crippen LogP contribution in [0.15, 0.2) is 24.3 Å². The molecular weight excluding hydrogens is 356 g/mol. The Morgan fingerprint density at radius 3 is 2.43 bits per heavy atom. The molecule has 1 aromatic carbocycles. The van der Waals surface area contributed by atoms with E-state index in [9.17, 15) is 14.4 Å². The van der Waals surface area contributed by atoms with Crippen LogP contribution in [0.1, 0.15) is 49.7 Å². The highest BCUT2D eigenvalue weighted by Gasteiger charge is 2.51. The first kappa shape index (κ1) is 20.3.